The molecule has 0 bridgehead atoms. The number of carbonyl (C=O) groups is 1. The standard InChI is InChI=1S/C18H26N2O/c1-3-13(2)16-18(21)20(15-11-7-8-12-15)17(19-16)14-9-5-4-6-10-14/h4-6,9-10,13,15-17,19H,3,7-8,11-12H2,1-2H3. The van der Waals surface area contributed by atoms with Crippen molar-refractivity contribution >= 4 is 5.91 Å². The summed E-state index contributed by atoms with van der Waals surface area (Å²) >= 11 is 0. The van der Waals surface area contributed by atoms with Gasteiger partial charge in [0.05, 0.1) is 6.04 Å². The van der Waals surface area contributed by atoms with E-state index in [1.54, 1.807) is 0 Å². The number of nitrogens with zero attached hydrogens (tertiary/aromatic N) is 1. The van der Waals surface area contributed by atoms with Gasteiger partial charge in [-0.1, -0.05) is 63.4 Å². The third-order valence-electron chi connectivity index (χ3n) is 5.18. The second kappa shape index (κ2) is 6.18. The second-order valence-corrected chi connectivity index (χ2v) is 6.53. The summed E-state index contributed by atoms with van der Waals surface area (Å²) in [6.45, 7) is 4.34. The zero-order valence-electron chi connectivity index (χ0n) is 13.1. The van der Waals surface area contributed by atoms with Gasteiger partial charge in [0.2, 0.25) is 5.91 Å². The Morgan fingerprint density at radius 1 is 1.24 bits per heavy atom. The highest BCUT2D eigenvalue weighted by molar-refractivity contribution is 5.85. The van der Waals surface area contributed by atoms with Crippen LogP contribution >= 0.6 is 0 Å². The van der Waals surface area contributed by atoms with Gasteiger partial charge in [-0.05, 0) is 24.3 Å². The molecule has 1 aliphatic heterocycles. The Bertz CT molecular complexity index is 481. The van der Waals surface area contributed by atoms with Crippen molar-refractivity contribution in [2.24, 2.45) is 5.92 Å². The molecule has 1 aliphatic carbocycles. The van der Waals surface area contributed by atoms with Crippen LogP contribution < -0.4 is 5.32 Å². The van der Waals surface area contributed by atoms with Crippen molar-refractivity contribution in [2.45, 2.75) is 64.2 Å². The third kappa shape index (κ3) is 2.71. The Balaban J connectivity index is 1.90. The molecule has 21 heavy (non-hydrogen) atoms. The van der Waals surface area contributed by atoms with Gasteiger partial charge in [-0.3, -0.25) is 10.1 Å². The molecule has 3 rings (SSSR count). The highest BCUT2D eigenvalue weighted by Gasteiger charge is 2.45. The normalized spacial score (nSPS) is 28.3. The molecule has 1 N–H and O–H groups in total. The Hall–Kier alpha value is -1.35. The molecule has 1 heterocycles. The minimum absolute atomic E-state index is 0.0270. The molecule has 114 valence electrons. The highest BCUT2D eigenvalue weighted by Crippen LogP contribution is 2.35. The van der Waals surface area contributed by atoms with Crippen molar-refractivity contribution in [3.05, 3.63) is 35.9 Å². The van der Waals surface area contributed by atoms with Crippen LogP contribution in [0.25, 0.3) is 0 Å². The summed E-state index contributed by atoms with van der Waals surface area (Å²) < 4.78 is 0. The fourth-order valence-electron chi connectivity index (χ4n) is 3.72. The number of rotatable bonds is 4. The average molecular weight is 286 g/mol. The maximum Gasteiger partial charge on any atom is 0.241 e. The first-order valence-electron chi connectivity index (χ1n) is 8.35. The number of hydrogen-bond donors (Lipinski definition) is 1. The zero-order chi connectivity index (χ0) is 14.8. The molecule has 3 nitrogen and oxygen atoms in total. The van der Waals surface area contributed by atoms with Gasteiger partial charge in [-0.25, -0.2) is 0 Å². The molecule has 0 radical (unpaired) electrons. The third-order valence-corrected chi connectivity index (χ3v) is 5.18. The number of nitrogens with one attached hydrogen (secondary N) is 1. The Morgan fingerprint density at radius 2 is 1.90 bits per heavy atom. The first kappa shape index (κ1) is 14.6. The van der Waals surface area contributed by atoms with Crippen LogP contribution in [0.1, 0.15) is 57.7 Å². The molecule has 3 unspecified atom stereocenters. The van der Waals surface area contributed by atoms with Gasteiger partial charge in [0.25, 0.3) is 0 Å². The van der Waals surface area contributed by atoms with Crippen LogP contribution in [0.15, 0.2) is 30.3 Å². The molecule has 1 saturated heterocycles. The topological polar surface area (TPSA) is 32.3 Å². The summed E-state index contributed by atoms with van der Waals surface area (Å²) in [6, 6.07) is 10.8. The van der Waals surface area contributed by atoms with Crippen LogP contribution in [0.3, 0.4) is 0 Å². The molecule has 3 heteroatoms. The summed E-state index contributed by atoms with van der Waals surface area (Å²) in [7, 11) is 0. The quantitative estimate of drug-likeness (QED) is 0.919. The zero-order valence-corrected chi connectivity index (χ0v) is 13.1. The van der Waals surface area contributed by atoms with Crippen molar-refractivity contribution in [1.29, 1.82) is 0 Å². The minimum atomic E-state index is -0.0270. The number of amides is 1. The maximum absolute atomic E-state index is 12.9. The lowest BCUT2D eigenvalue weighted by atomic mass is 9.99. The van der Waals surface area contributed by atoms with E-state index in [0.29, 0.717) is 17.9 Å². The van der Waals surface area contributed by atoms with E-state index >= 15 is 0 Å². The molecule has 0 aromatic heterocycles. The van der Waals surface area contributed by atoms with Gasteiger partial charge in [0, 0.05) is 6.04 Å². The van der Waals surface area contributed by atoms with E-state index in [9.17, 15) is 4.79 Å². The van der Waals surface area contributed by atoms with E-state index < -0.39 is 0 Å². The molecule has 3 atom stereocenters. The van der Waals surface area contributed by atoms with Gasteiger partial charge >= 0.3 is 0 Å². The van der Waals surface area contributed by atoms with E-state index in [-0.39, 0.29) is 12.2 Å². The lowest BCUT2D eigenvalue weighted by Gasteiger charge is -2.30. The summed E-state index contributed by atoms with van der Waals surface area (Å²) in [5, 5.41) is 3.61. The molecule has 1 saturated carbocycles. The number of benzene rings is 1. The maximum atomic E-state index is 12.9. The van der Waals surface area contributed by atoms with E-state index in [2.05, 4.69) is 48.3 Å². The fourth-order valence-corrected chi connectivity index (χ4v) is 3.72. The molecule has 1 aromatic carbocycles. The Labute approximate surface area is 127 Å². The number of carbonyl (C=O) groups excluding carboxylic acids is 1. The summed E-state index contributed by atoms with van der Waals surface area (Å²) in [5.74, 6) is 0.695. The van der Waals surface area contributed by atoms with Gasteiger partial charge in [0.1, 0.15) is 6.17 Å². The first-order valence-corrected chi connectivity index (χ1v) is 8.35. The van der Waals surface area contributed by atoms with E-state index in [1.165, 1.54) is 18.4 Å². The molecular weight excluding hydrogens is 260 g/mol. The minimum Gasteiger partial charge on any atom is -0.319 e. The molecule has 2 fully saturated rings. The molecule has 1 aromatic rings. The van der Waals surface area contributed by atoms with Crippen LogP contribution in [0.2, 0.25) is 0 Å². The first-order chi connectivity index (χ1) is 10.2. The largest absolute Gasteiger partial charge is 0.319 e. The number of hydrogen-bond acceptors (Lipinski definition) is 2. The predicted molar refractivity (Wildman–Crippen MR) is 84.7 cm³/mol. The van der Waals surface area contributed by atoms with Crippen LogP contribution in [-0.4, -0.2) is 22.9 Å². The van der Waals surface area contributed by atoms with Crippen molar-refractivity contribution in [2.75, 3.05) is 0 Å². The predicted octanol–water partition coefficient (Wildman–Crippen LogP) is 3.47. The molecule has 2 aliphatic rings. The van der Waals surface area contributed by atoms with E-state index in [0.717, 1.165) is 19.3 Å². The smallest absolute Gasteiger partial charge is 0.241 e. The molecule has 1 amide bonds. The van der Waals surface area contributed by atoms with Crippen LogP contribution in [0.4, 0.5) is 0 Å². The second-order valence-electron chi connectivity index (χ2n) is 6.53. The van der Waals surface area contributed by atoms with E-state index in [1.807, 2.05) is 6.07 Å². The SMILES string of the molecule is CCC(C)C1NC(c2ccccc2)N(C2CCCC2)C1=O. The van der Waals surface area contributed by atoms with Crippen LogP contribution in [-0.2, 0) is 4.79 Å². The van der Waals surface area contributed by atoms with E-state index in [4.69, 9.17) is 0 Å². The van der Waals surface area contributed by atoms with Gasteiger partial charge in [-0.15, -0.1) is 0 Å². The summed E-state index contributed by atoms with van der Waals surface area (Å²) in [6.07, 6.45) is 5.91. The lowest BCUT2D eigenvalue weighted by Crippen LogP contribution is -2.39. The van der Waals surface area contributed by atoms with Gasteiger partial charge in [0.15, 0.2) is 0 Å². The Morgan fingerprint density at radius 3 is 2.52 bits per heavy atom. The average Bonchev–Trinajstić information content (AvgIpc) is 3.15. The monoisotopic (exact) mass is 286 g/mol. The summed E-state index contributed by atoms with van der Waals surface area (Å²) in [4.78, 5) is 15.1. The molecule has 0 spiro atoms. The van der Waals surface area contributed by atoms with Crippen LogP contribution in [0, 0.1) is 5.92 Å². The highest BCUT2D eigenvalue weighted by atomic mass is 16.2. The van der Waals surface area contributed by atoms with Gasteiger partial charge < -0.3 is 4.90 Å². The van der Waals surface area contributed by atoms with Crippen LogP contribution in [0.5, 0.6) is 0 Å². The van der Waals surface area contributed by atoms with Crippen molar-refractivity contribution in [1.82, 2.24) is 10.2 Å². The van der Waals surface area contributed by atoms with Gasteiger partial charge in [-0.2, -0.15) is 0 Å². The van der Waals surface area contributed by atoms with Crippen molar-refractivity contribution in [3.8, 4) is 0 Å². The fraction of sp³-hybridized carbons (Fsp3) is 0.611. The lowest BCUT2D eigenvalue weighted by molar-refractivity contribution is -0.133. The summed E-state index contributed by atoms with van der Waals surface area (Å²) in [5.41, 5.74) is 1.21. The Kier molecular flexibility index (Phi) is 4.29. The molecular formula is C18H26N2O. The van der Waals surface area contributed by atoms with Crippen molar-refractivity contribution < 1.29 is 4.79 Å². The van der Waals surface area contributed by atoms with Crippen molar-refractivity contribution in [3.63, 3.8) is 0 Å².